The highest BCUT2D eigenvalue weighted by Crippen LogP contribution is 2.33. The van der Waals surface area contributed by atoms with E-state index in [1.807, 2.05) is 0 Å². The number of rotatable bonds is 0. The lowest BCUT2D eigenvalue weighted by Gasteiger charge is -2.12. The molecule has 0 saturated carbocycles. The van der Waals surface area contributed by atoms with E-state index in [1.165, 1.54) is 25.2 Å². The highest BCUT2D eigenvalue weighted by molar-refractivity contribution is 5.85. The quantitative estimate of drug-likeness (QED) is 0.719. The zero-order valence-corrected chi connectivity index (χ0v) is 8.88. The second kappa shape index (κ2) is 3.51. The van der Waals surface area contributed by atoms with Crippen LogP contribution in [0.15, 0.2) is 29.1 Å². The van der Waals surface area contributed by atoms with Crippen molar-refractivity contribution >= 4 is 16.6 Å². The second-order valence-electron chi connectivity index (χ2n) is 3.73. The molecule has 0 aliphatic heterocycles. The van der Waals surface area contributed by atoms with Crippen LogP contribution in [0.5, 0.6) is 0 Å². The highest BCUT2D eigenvalue weighted by Gasteiger charge is 2.33. The Kier molecular flexibility index (Phi) is 2.38. The van der Waals surface area contributed by atoms with E-state index < -0.39 is 17.3 Å². The van der Waals surface area contributed by atoms with Gasteiger partial charge in [-0.25, -0.2) is 0 Å². The molecule has 0 fully saturated rings. The first-order chi connectivity index (χ1) is 7.80. The Morgan fingerprint density at radius 2 is 1.88 bits per heavy atom. The monoisotopic (exact) mass is 242 g/mol. The lowest BCUT2D eigenvalue weighted by Crippen LogP contribution is -2.20. The number of fused-ring (bicyclic) bond motifs is 1. The van der Waals surface area contributed by atoms with Crippen molar-refractivity contribution in [2.45, 2.75) is 6.18 Å². The molecule has 1 aromatic carbocycles. The van der Waals surface area contributed by atoms with Crippen molar-refractivity contribution in [1.29, 1.82) is 0 Å². The fourth-order valence-electron chi connectivity index (χ4n) is 1.71. The molecular weight excluding hydrogens is 233 g/mol. The van der Waals surface area contributed by atoms with Gasteiger partial charge in [0.05, 0.1) is 11.1 Å². The number of nitrogens with two attached hydrogens (primary N) is 1. The molecule has 3 nitrogen and oxygen atoms in total. The van der Waals surface area contributed by atoms with Crippen LogP contribution in [0.4, 0.5) is 18.9 Å². The molecule has 6 heteroatoms. The minimum Gasteiger partial charge on any atom is -0.399 e. The van der Waals surface area contributed by atoms with E-state index >= 15 is 0 Å². The smallest absolute Gasteiger partial charge is 0.399 e. The maximum atomic E-state index is 12.8. The van der Waals surface area contributed by atoms with E-state index in [2.05, 4.69) is 0 Å². The largest absolute Gasteiger partial charge is 0.417 e. The molecular formula is C11H9F3N2O. The van der Waals surface area contributed by atoms with E-state index in [0.717, 1.165) is 4.57 Å². The minimum absolute atomic E-state index is 0.0335. The number of hydrogen-bond donors (Lipinski definition) is 1. The van der Waals surface area contributed by atoms with Gasteiger partial charge < -0.3 is 10.3 Å². The maximum Gasteiger partial charge on any atom is 0.417 e. The first-order valence-corrected chi connectivity index (χ1v) is 4.77. The number of halogens is 3. The molecule has 0 spiro atoms. The molecule has 17 heavy (non-hydrogen) atoms. The summed E-state index contributed by atoms with van der Waals surface area (Å²) in [4.78, 5) is 11.4. The van der Waals surface area contributed by atoms with Gasteiger partial charge in [-0.15, -0.1) is 0 Å². The molecule has 0 bridgehead atoms. The highest BCUT2D eigenvalue weighted by atomic mass is 19.4. The topological polar surface area (TPSA) is 48.0 Å². The number of nitrogens with zero attached hydrogens (tertiary/aromatic N) is 1. The lowest BCUT2D eigenvalue weighted by atomic mass is 10.1. The van der Waals surface area contributed by atoms with Crippen molar-refractivity contribution in [3.63, 3.8) is 0 Å². The fraction of sp³-hybridized carbons (Fsp3) is 0.182. The summed E-state index contributed by atoms with van der Waals surface area (Å²) < 4.78 is 39.4. The predicted octanol–water partition coefficient (Wildman–Crippen LogP) is 2.14. The molecule has 1 heterocycles. The van der Waals surface area contributed by atoms with Crippen LogP contribution in [-0.2, 0) is 13.2 Å². The number of alkyl halides is 3. The zero-order valence-electron chi connectivity index (χ0n) is 8.88. The normalized spacial score (nSPS) is 12.0. The zero-order chi connectivity index (χ0) is 12.8. The van der Waals surface area contributed by atoms with Crippen LogP contribution < -0.4 is 11.3 Å². The number of anilines is 1. The molecule has 0 aliphatic carbocycles. The molecule has 2 aromatic rings. The third-order valence-electron chi connectivity index (χ3n) is 2.58. The molecule has 0 amide bonds. The van der Waals surface area contributed by atoms with Crippen LogP contribution in [-0.4, -0.2) is 4.57 Å². The number of aryl methyl sites for hydroxylation is 1. The summed E-state index contributed by atoms with van der Waals surface area (Å²) in [5.74, 6) is 0. The number of pyridine rings is 1. The van der Waals surface area contributed by atoms with E-state index in [0.29, 0.717) is 11.8 Å². The second-order valence-corrected chi connectivity index (χ2v) is 3.73. The van der Waals surface area contributed by atoms with E-state index in [9.17, 15) is 18.0 Å². The van der Waals surface area contributed by atoms with Crippen LogP contribution in [0, 0.1) is 0 Å². The molecule has 0 radical (unpaired) electrons. The van der Waals surface area contributed by atoms with Crippen LogP contribution in [0.25, 0.3) is 10.9 Å². The fourth-order valence-corrected chi connectivity index (χ4v) is 1.71. The maximum absolute atomic E-state index is 12.8. The average Bonchev–Trinajstić information content (AvgIpc) is 2.22. The predicted molar refractivity (Wildman–Crippen MR) is 58.6 cm³/mol. The first kappa shape index (κ1) is 11.5. The molecule has 0 saturated heterocycles. The Morgan fingerprint density at radius 3 is 2.47 bits per heavy atom. The van der Waals surface area contributed by atoms with Gasteiger partial charge in [0.2, 0.25) is 0 Å². The van der Waals surface area contributed by atoms with Gasteiger partial charge in [0, 0.05) is 24.2 Å². The van der Waals surface area contributed by atoms with Crippen molar-refractivity contribution in [3.05, 3.63) is 40.2 Å². The summed E-state index contributed by atoms with van der Waals surface area (Å²) in [7, 11) is 1.41. The van der Waals surface area contributed by atoms with Crippen molar-refractivity contribution in [2.24, 2.45) is 7.05 Å². The molecule has 0 unspecified atom stereocenters. The molecule has 0 atom stereocenters. The Balaban J connectivity index is 2.97. The summed E-state index contributed by atoms with van der Waals surface area (Å²) in [5.41, 5.74) is 4.34. The number of aromatic nitrogens is 1. The Bertz CT molecular complexity index is 643. The van der Waals surface area contributed by atoms with Crippen LogP contribution in [0.2, 0.25) is 0 Å². The minimum atomic E-state index is -4.55. The van der Waals surface area contributed by atoms with Gasteiger partial charge in [0.1, 0.15) is 0 Å². The van der Waals surface area contributed by atoms with Gasteiger partial charge in [-0.1, -0.05) is 6.07 Å². The third kappa shape index (κ3) is 1.86. The third-order valence-corrected chi connectivity index (χ3v) is 2.58. The number of nitrogen functional groups attached to an aromatic ring is 1. The number of benzene rings is 1. The van der Waals surface area contributed by atoms with Crippen LogP contribution in [0.1, 0.15) is 5.56 Å². The van der Waals surface area contributed by atoms with E-state index in [1.54, 1.807) is 0 Å². The Morgan fingerprint density at radius 1 is 1.24 bits per heavy atom. The van der Waals surface area contributed by atoms with Crippen molar-refractivity contribution in [3.8, 4) is 0 Å². The summed E-state index contributed by atoms with van der Waals surface area (Å²) in [6.45, 7) is 0. The Hall–Kier alpha value is -1.98. The molecule has 0 aliphatic rings. The van der Waals surface area contributed by atoms with Gasteiger partial charge in [0.25, 0.3) is 5.56 Å². The lowest BCUT2D eigenvalue weighted by molar-refractivity contribution is -0.136. The SMILES string of the molecule is Cn1c(=O)cc(C(F)(F)F)c2ccc(N)cc21. The standard InChI is InChI=1S/C11H9F3N2O/c1-16-9-4-6(15)2-3-7(9)8(5-10(16)17)11(12,13)14/h2-5H,15H2,1H3. The van der Waals surface area contributed by atoms with Gasteiger partial charge in [-0.05, 0) is 12.1 Å². The van der Waals surface area contributed by atoms with Crippen LogP contribution >= 0.6 is 0 Å². The van der Waals surface area contributed by atoms with Crippen LogP contribution in [0.3, 0.4) is 0 Å². The summed E-state index contributed by atoms with van der Waals surface area (Å²) in [6.07, 6.45) is -4.55. The van der Waals surface area contributed by atoms with Gasteiger partial charge in [-0.3, -0.25) is 4.79 Å². The average molecular weight is 242 g/mol. The molecule has 1 aromatic heterocycles. The summed E-state index contributed by atoms with van der Waals surface area (Å²) >= 11 is 0. The first-order valence-electron chi connectivity index (χ1n) is 4.77. The Labute approximate surface area is 94.3 Å². The summed E-state index contributed by atoms with van der Waals surface area (Å²) in [5, 5.41) is -0.0335. The van der Waals surface area contributed by atoms with E-state index in [-0.39, 0.29) is 10.9 Å². The summed E-state index contributed by atoms with van der Waals surface area (Å²) in [6, 6.07) is 4.60. The van der Waals surface area contributed by atoms with Gasteiger partial charge in [0.15, 0.2) is 0 Å². The van der Waals surface area contributed by atoms with Crippen molar-refractivity contribution in [2.75, 3.05) is 5.73 Å². The molecule has 2 N–H and O–H groups in total. The van der Waals surface area contributed by atoms with Crippen molar-refractivity contribution < 1.29 is 13.2 Å². The van der Waals surface area contributed by atoms with E-state index in [4.69, 9.17) is 5.73 Å². The van der Waals surface area contributed by atoms with Gasteiger partial charge >= 0.3 is 6.18 Å². The molecule has 2 rings (SSSR count). The number of hydrogen-bond acceptors (Lipinski definition) is 2. The van der Waals surface area contributed by atoms with Gasteiger partial charge in [-0.2, -0.15) is 13.2 Å². The molecule has 90 valence electrons. The van der Waals surface area contributed by atoms with Crippen molar-refractivity contribution in [1.82, 2.24) is 4.57 Å².